The van der Waals surface area contributed by atoms with E-state index >= 15 is 0 Å². The molecular formula is C29H33F3N4O8. The second kappa shape index (κ2) is 15.5. The molecule has 0 saturated carbocycles. The number of rotatable bonds is 10. The molecule has 2 aromatic carbocycles. The number of methoxy groups -OCH3 is 1. The van der Waals surface area contributed by atoms with Crippen LogP contribution in [0.3, 0.4) is 0 Å². The van der Waals surface area contributed by atoms with Crippen LogP contribution in [-0.4, -0.2) is 65.7 Å². The highest BCUT2D eigenvalue weighted by Crippen LogP contribution is 2.24. The van der Waals surface area contributed by atoms with Crippen molar-refractivity contribution < 1.29 is 51.7 Å². The third kappa shape index (κ3) is 10.4. The summed E-state index contributed by atoms with van der Waals surface area (Å²) in [5.74, 6) is -4.11. The molecule has 6 N–H and O–H groups in total. The van der Waals surface area contributed by atoms with E-state index < -0.39 is 54.2 Å². The van der Waals surface area contributed by atoms with E-state index in [1.54, 1.807) is 0 Å². The number of aliphatic carboxylic acids is 1. The van der Waals surface area contributed by atoms with E-state index in [-0.39, 0.29) is 35.1 Å². The molecule has 12 nitrogen and oxygen atoms in total. The normalized spacial score (nSPS) is 15.4. The number of amides is 3. The number of nitrogens with zero attached hydrogens (tertiary/aromatic N) is 1. The van der Waals surface area contributed by atoms with Crippen LogP contribution in [0.25, 0.3) is 6.08 Å². The molecule has 0 radical (unpaired) electrons. The van der Waals surface area contributed by atoms with Gasteiger partial charge in [0.15, 0.2) is 0 Å². The predicted molar refractivity (Wildman–Crippen MR) is 150 cm³/mol. The fraction of sp³-hybridized carbons (Fsp3) is 0.345. The Morgan fingerprint density at radius 1 is 1.09 bits per heavy atom. The van der Waals surface area contributed by atoms with Gasteiger partial charge < -0.3 is 36.3 Å². The van der Waals surface area contributed by atoms with Gasteiger partial charge >= 0.3 is 18.3 Å². The van der Waals surface area contributed by atoms with Gasteiger partial charge in [0.1, 0.15) is 17.5 Å². The molecule has 1 fully saturated rings. The third-order valence-electron chi connectivity index (χ3n) is 6.36. The minimum atomic E-state index is -4.83. The third-order valence-corrected chi connectivity index (χ3v) is 6.36. The molecule has 0 aliphatic carbocycles. The number of hydrogen-bond donors (Lipinski definition) is 4. The molecule has 0 aromatic heterocycles. The number of likely N-dealkylation sites (tertiary alicyclic amines) is 1. The maximum Gasteiger partial charge on any atom is 0.573 e. The van der Waals surface area contributed by atoms with Crippen molar-refractivity contribution in [2.75, 3.05) is 13.7 Å². The number of hydrogen-bond acceptors (Lipinski definition) is 8. The number of halogens is 3. The summed E-state index contributed by atoms with van der Waals surface area (Å²) in [5.41, 5.74) is 0.766. The van der Waals surface area contributed by atoms with Crippen molar-refractivity contribution in [1.82, 2.24) is 21.7 Å². The molecule has 1 atom stereocenters. The molecular weight excluding hydrogens is 589 g/mol. The SMILES string of the molecule is COC(=O)c1cc(C=C(NC(C)=O)C(=O)N[C@H]2CCCCN(Cc3ccc(OC(F)(F)F)cc3)C2=O)ccc1CC(=O)O.N. The lowest BCUT2D eigenvalue weighted by molar-refractivity contribution is -0.274. The molecule has 15 heteroatoms. The van der Waals surface area contributed by atoms with Crippen LogP contribution in [0.4, 0.5) is 13.2 Å². The van der Waals surface area contributed by atoms with E-state index in [1.165, 1.54) is 48.2 Å². The quantitative estimate of drug-likeness (QED) is 0.228. The lowest BCUT2D eigenvalue weighted by atomic mass is 10.0. The van der Waals surface area contributed by atoms with Crippen LogP contribution in [0.5, 0.6) is 5.75 Å². The van der Waals surface area contributed by atoms with Gasteiger partial charge in [0.25, 0.3) is 5.91 Å². The van der Waals surface area contributed by atoms with Crippen molar-refractivity contribution >= 4 is 35.7 Å². The number of carbonyl (C=O) groups is 5. The molecule has 2 aromatic rings. The van der Waals surface area contributed by atoms with Gasteiger partial charge in [0, 0.05) is 20.0 Å². The topological polar surface area (TPSA) is 186 Å². The molecule has 0 bridgehead atoms. The molecule has 238 valence electrons. The Bertz CT molecular complexity index is 1410. The monoisotopic (exact) mass is 622 g/mol. The van der Waals surface area contributed by atoms with E-state index in [9.17, 15) is 37.1 Å². The first kappa shape index (κ1) is 35.3. The fourth-order valence-corrected chi connectivity index (χ4v) is 4.46. The highest BCUT2D eigenvalue weighted by molar-refractivity contribution is 6.03. The van der Waals surface area contributed by atoms with Crippen LogP contribution in [0.15, 0.2) is 48.2 Å². The number of esters is 1. The Kier molecular flexibility index (Phi) is 12.4. The lowest BCUT2D eigenvalue weighted by Crippen LogP contribution is -2.48. The van der Waals surface area contributed by atoms with Gasteiger partial charge in [-0.3, -0.25) is 19.2 Å². The molecule has 1 saturated heterocycles. The predicted octanol–water partition coefficient (Wildman–Crippen LogP) is 3.34. The minimum Gasteiger partial charge on any atom is -0.481 e. The van der Waals surface area contributed by atoms with Gasteiger partial charge in [0.2, 0.25) is 11.8 Å². The van der Waals surface area contributed by atoms with Crippen LogP contribution in [0.1, 0.15) is 53.2 Å². The summed E-state index contributed by atoms with van der Waals surface area (Å²) >= 11 is 0. The first-order valence-corrected chi connectivity index (χ1v) is 13.1. The average molecular weight is 623 g/mol. The Morgan fingerprint density at radius 3 is 2.36 bits per heavy atom. The average Bonchev–Trinajstić information content (AvgIpc) is 3.09. The van der Waals surface area contributed by atoms with E-state index in [0.717, 1.165) is 19.2 Å². The standard InChI is InChI=1S/C29H30F3N3O8.H3N/c1-17(36)33-24(14-19-6-9-20(15-25(37)38)22(13-19)28(41)42-2)26(39)34-23-5-3-4-12-35(27(23)40)16-18-7-10-21(11-8-18)43-29(30,31)32;/h6-11,13-14,23H,3-5,12,15-16H2,1-2H3,(H,33,36)(H,34,39)(H,37,38);1H3/t23-;/m0./s1. The molecule has 44 heavy (non-hydrogen) atoms. The van der Waals surface area contributed by atoms with Gasteiger partial charge in [-0.1, -0.05) is 24.3 Å². The number of nitrogens with one attached hydrogen (secondary N) is 2. The molecule has 1 aliphatic rings. The maximum absolute atomic E-state index is 13.4. The van der Waals surface area contributed by atoms with Crippen molar-refractivity contribution in [3.05, 3.63) is 70.4 Å². The van der Waals surface area contributed by atoms with Crippen LogP contribution >= 0.6 is 0 Å². The number of alkyl halides is 3. The van der Waals surface area contributed by atoms with Crippen molar-refractivity contribution in [3.8, 4) is 5.75 Å². The van der Waals surface area contributed by atoms with Gasteiger partial charge in [-0.05, 0) is 60.2 Å². The zero-order chi connectivity index (χ0) is 31.7. The van der Waals surface area contributed by atoms with Crippen molar-refractivity contribution in [2.45, 2.75) is 51.6 Å². The van der Waals surface area contributed by atoms with Gasteiger partial charge in [-0.2, -0.15) is 0 Å². The zero-order valence-electron chi connectivity index (χ0n) is 24.0. The summed E-state index contributed by atoms with van der Waals surface area (Å²) in [6.07, 6.45) is -2.47. The first-order chi connectivity index (χ1) is 20.3. The number of ether oxygens (including phenoxy) is 2. The van der Waals surface area contributed by atoms with E-state index in [1.807, 2.05) is 0 Å². The summed E-state index contributed by atoms with van der Waals surface area (Å²) in [4.78, 5) is 63.5. The van der Waals surface area contributed by atoms with Crippen molar-refractivity contribution in [2.24, 2.45) is 0 Å². The van der Waals surface area contributed by atoms with Gasteiger partial charge in [0.05, 0.1) is 19.1 Å². The number of carbonyl (C=O) groups excluding carboxylic acids is 4. The summed E-state index contributed by atoms with van der Waals surface area (Å²) < 4.78 is 46.0. The number of benzene rings is 2. The van der Waals surface area contributed by atoms with Crippen LogP contribution < -0.4 is 21.5 Å². The summed E-state index contributed by atoms with van der Waals surface area (Å²) in [5, 5.41) is 14.2. The fourth-order valence-electron chi connectivity index (χ4n) is 4.46. The van der Waals surface area contributed by atoms with Gasteiger partial charge in [-0.15, -0.1) is 13.2 Å². The summed E-state index contributed by atoms with van der Waals surface area (Å²) in [6.45, 7) is 1.63. The Labute approximate surface area is 250 Å². The van der Waals surface area contributed by atoms with E-state index in [2.05, 4.69) is 15.4 Å². The number of carboxylic acids is 1. The summed E-state index contributed by atoms with van der Waals surface area (Å²) in [7, 11) is 1.13. The molecule has 3 amide bonds. The molecule has 3 rings (SSSR count). The van der Waals surface area contributed by atoms with Gasteiger partial charge in [-0.25, -0.2) is 4.79 Å². The number of carboxylic acid groups (broad SMARTS) is 1. The second-order valence-corrected chi connectivity index (χ2v) is 9.69. The first-order valence-electron chi connectivity index (χ1n) is 13.1. The summed E-state index contributed by atoms with van der Waals surface area (Å²) in [6, 6.07) is 8.34. The largest absolute Gasteiger partial charge is 0.573 e. The highest BCUT2D eigenvalue weighted by atomic mass is 19.4. The molecule has 1 aliphatic heterocycles. The maximum atomic E-state index is 13.4. The van der Waals surface area contributed by atoms with Crippen LogP contribution in [-0.2, 0) is 36.9 Å². The Morgan fingerprint density at radius 2 is 1.77 bits per heavy atom. The highest BCUT2D eigenvalue weighted by Gasteiger charge is 2.32. The van der Waals surface area contributed by atoms with Crippen LogP contribution in [0.2, 0.25) is 0 Å². The second-order valence-electron chi connectivity index (χ2n) is 9.69. The molecule has 0 spiro atoms. The van der Waals surface area contributed by atoms with Crippen molar-refractivity contribution in [1.29, 1.82) is 0 Å². The molecule has 0 unspecified atom stereocenters. The smallest absolute Gasteiger partial charge is 0.481 e. The zero-order valence-corrected chi connectivity index (χ0v) is 24.0. The van der Waals surface area contributed by atoms with Crippen LogP contribution in [0, 0.1) is 0 Å². The Balaban J connectivity index is 0.00000675. The van der Waals surface area contributed by atoms with E-state index in [0.29, 0.717) is 31.4 Å². The Hall–Kier alpha value is -4.92. The van der Waals surface area contributed by atoms with E-state index in [4.69, 9.17) is 9.84 Å². The lowest BCUT2D eigenvalue weighted by Gasteiger charge is -2.25. The van der Waals surface area contributed by atoms with Crippen molar-refractivity contribution in [3.63, 3.8) is 0 Å². The molecule has 1 heterocycles. The minimum absolute atomic E-state index is 0.